The summed E-state index contributed by atoms with van der Waals surface area (Å²) in [6.07, 6.45) is 0.832. The number of hydrazine groups is 1. The third-order valence-corrected chi connectivity index (χ3v) is 5.37. The van der Waals surface area contributed by atoms with Crippen LogP contribution in [-0.4, -0.2) is 31.4 Å². The minimum atomic E-state index is -0.683. The van der Waals surface area contributed by atoms with Gasteiger partial charge in [-0.2, -0.15) is 0 Å². The highest BCUT2D eigenvalue weighted by molar-refractivity contribution is 7.14. The van der Waals surface area contributed by atoms with Crippen LogP contribution < -0.4 is 26.1 Å². The van der Waals surface area contributed by atoms with E-state index in [1.54, 1.807) is 6.07 Å². The first kappa shape index (κ1) is 21.5. The molecule has 0 bridgehead atoms. The fourth-order valence-electron chi connectivity index (χ4n) is 2.36. The monoisotopic (exact) mass is 425 g/mol. The number of nitrogens with one attached hydrogen (secondary N) is 2. The number of hydrogen-bond donors (Lipinski definition) is 3. The second kappa shape index (κ2) is 9.43. The first-order chi connectivity index (χ1) is 13.3. The smallest absolute Gasteiger partial charge is 0.279 e. The third-order valence-electron chi connectivity index (χ3n) is 3.71. The average molecular weight is 426 g/mol. The number of benzene rings is 1. The highest BCUT2D eigenvalue weighted by atomic mass is 35.5. The second-order valence-electron chi connectivity index (χ2n) is 5.72. The molecule has 1 heterocycles. The van der Waals surface area contributed by atoms with E-state index in [9.17, 15) is 14.4 Å². The van der Waals surface area contributed by atoms with Crippen LogP contribution in [0.15, 0.2) is 18.2 Å². The Kier molecular flexibility index (Phi) is 7.24. The molecule has 0 radical (unpaired) electrons. The maximum absolute atomic E-state index is 12.4. The molecule has 0 atom stereocenters. The Bertz CT molecular complexity index is 913. The first-order valence-electron chi connectivity index (χ1n) is 8.25. The van der Waals surface area contributed by atoms with E-state index in [1.807, 2.05) is 13.8 Å². The lowest BCUT2D eigenvalue weighted by molar-refractivity contribution is -0.119. The van der Waals surface area contributed by atoms with Gasteiger partial charge >= 0.3 is 0 Å². The number of ether oxygens (including phenoxy) is 2. The van der Waals surface area contributed by atoms with Crippen molar-refractivity contribution in [3.8, 4) is 11.5 Å². The van der Waals surface area contributed by atoms with Crippen LogP contribution in [0.5, 0.6) is 11.5 Å². The molecule has 8 nitrogen and oxygen atoms in total. The largest absolute Gasteiger partial charge is 0.493 e. The van der Waals surface area contributed by atoms with Gasteiger partial charge in [0.05, 0.1) is 17.0 Å². The first-order valence-corrected chi connectivity index (χ1v) is 9.44. The Morgan fingerprint density at radius 3 is 2.43 bits per heavy atom. The minimum Gasteiger partial charge on any atom is -0.493 e. The average Bonchev–Trinajstić information content (AvgIpc) is 3.04. The third kappa shape index (κ3) is 5.14. The van der Waals surface area contributed by atoms with Crippen molar-refractivity contribution in [1.82, 2.24) is 10.9 Å². The van der Waals surface area contributed by atoms with Gasteiger partial charge < -0.3 is 15.2 Å². The summed E-state index contributed by atoms with van der Waals surface area (Å²) in [5.41, 5.74) is 10.9. The van der Waals surface area contributed by atoms with Crippen LogP contribution in [0.25, 0.3) is 0 Å². The highest BCUT2D eigenvalue weighted by Crippen LogP contribution is 2.36. The second-order valence-corrected chi connectivity index (χ2v) is 7.27. The fraction of sp³-hybridized carbons (Fsp3) is 0.278. The number of primary amides is 1. The van der Waals surface area contributed by atoms with Crippen molar-refractivity contribution in [2.75, 3.05) is 13.7 Å². The maximum Gasteiger partial charge on any atom is 0.279 e. The van der Waals surface area contributed by atoms with Crippen molar-refractivity contribution < 1.29 is 23.9 Å². The standard InChI is InChI=1S/C18H20ClN3O5S/c1-4-13-9(2)5-14(28-13)18(25)22-21-17(24)10-6-11(19)16(12(7-10)26-3)27-8-15(20)23/h5-7H,4,8H2,1-3H3,(H2,20,23)(H,21,24)(H,22,25). The van der Waals surface area contributed by atoms with E-state index in [-0.39, 0.29) is 22.1 Å². The zero-order valence-electron chi connectivity index (χ0n) is 15.6. The molecule has 0 saturated heterocycles. The molecule has 0 aliphatic rings. The number of carbonyl (C=O) groups is 3. The Hall–Kier alpha value is -2.78. The lowest BCUT2D eigenvalue weighted by Gasteiger charge is -2.13. The van der Waals surface area contributed by atoms with Crippen molar-refractivity contribution >= 4 is 40.7 Å². The number of rotatable bonds is 7. The number of hydrogen-bond acceptors (Lipinski definition) is 6. The van der Waals surface area contributed by atoms with Crippen molar-refractivity contribution in [2.45, 2.75) is 20.3 Å². The molecular formula is C18H20ClN3O5S. The number of thiophene rings is 1. The number of amides is 3. The summed E-state index contributed by atoms with van der Waals surface area (Å²) >= 11 is 7.49. The van der Waals surface area contributed by atoms with Crippen LogP contribution in [0.3, 0.4) is 0 Å². The van der Waals surface area contributed by atoms with Gasteiger partial charge in [-0.15, -0.1) is 11.3 Å². The zero-order valence-corrected chi connectivity index (χ0v) is 17.1. The van der Waals surface area contributed by atoms with Crippen LogP contribution in [0, 0.1) is 6.92 Å². The molecule has 28 heavy (non-hydrogen) atoms. The van der Waals surface area contributed by atoms with Crippen LogP contribution in [0.2, 0.25) is 5.02 Å². The summed E-state index contributed by atoms with van der Waals surface area (Å²) in [5, 5.41) is 0.0542. The van der Waals surface area contributed by atoms with Crippen LogP contribution in [0.4, 0.5) is 0 Å². The number of methoxy groups -OCH3 is 1. The predicted octanol–water partition coefficient (Wildman–Crippen LogP) is 2.22. The van der Waals surface area contributed by atoms with Gasteiger partial charge in [-0.1, -0.05) is 18.5 Å². The molecule has 0 aliphatic heterocycles. The molecule has 1 aromatic carbocycles. The summed E-state index contributed by atoms with van der Waals surface area (Å²) in [4.78, 5) is 37.1. The SMILES string of the molecule is CCc1sc(C(=O)NNC(=O)c2cc(Cl)c(OCC(N)=O)c(OC)c2)cc1C. The van der Waals surface area contributed by atoms with E-state index in [0.717, 1.165) is 16.9 Å². The predicted molar refractivity (Wildman–Crippen MR) is 106 cm³/mol. The van der Waals surface area contributed by atoms with E-state index >= 15 is 0 Å². The lowest BCUT2D eigenvalue weighted by atomic mass is 10.2. The van der Waals surface area contributed by atoms with Gasteiger partial charge in [-0.25, -0.2) is 0 Å². The lowest BCUT2D eigenvalue weighted by Crippen LogP contribution is -2.41. The number of halogens is 1. The van der Waals surface area contributed by atoms with Crippen LogP contribution in [0.1, 0.15) is 37.4 Å². The molecule has 3 amide bonds. The van der Waals surface area contributed by atoms with Crippen molar-refractivity contribution in [3.05, 3.63) is 44.1 Å². The van der Waals surface area contributed by atoms with Gasteiger partial charge in [-0.3, -0.25) is 25.2 Å². The van der Waals surface area contributed by atoms with Gasteiger partial charge in [0.1, 0.15) is 0 Å². The summed E-state index contributed by atoms with van der Waals surface area (Å²) in [6, 6.07) is 4.47. The Labute approximate surface area is 170 Å². The molecule has 0 saturated carbocycles. The van der Waals surface area contributed by atoms with Gasteiger partial charge in [0.2, 0.25) is 0 Å². The summed E-state index contributed by atoms with van der Waals surface area (Å²) in [5.74, 6) is -1.46. The highest BCUT2D eigenvalue weighted by Gasteiger charge is 2.18. The van der Waals surface area contributed by atoms with E-state index < -0.39 is 24.3 Å². The van der Waals surface area contributed by atoms with E-state index in [1.165, 1.54) is 30.6 Å². The van der Waals surface area contributed by atoms with Gasteiger partial charge in [0.25, 0.3) is 17.7 Å². The molecule has 4 N–H and O–H groups in total. The molecule has 0 aliphatic carbocycles. The molecule has 2 rings (SSSR count). The quantitative estimate of drug-likeness (QED) is 0.587. The van der Waals surface area contributed by atoms with E-state index in [4.69, 9.17) is 26.8 Å². The van der Waals surface area contributed by atoms with E-state index in [2.05, 4.69) is 10.9 Å². The minimum absolute atomic E-state index is 0.0542. The van der Waals surface area contributed by atoms with E-state index in [0.29, 0.717) is 4.88 Å². The molecule has 1 aromatic heterocycles. The van der Waals surface area contributed by atoms with Crippen LogP contribution >= 0.6 is 22.9 Å². The van der Waals surface area contributed by atoms with Crippen molar-refractivity contribution in [3.63, 3.8) is 0 Å². The summed E-state index contributed by atoms with van der Waals surface area (Å²) < 4.78 is 10.3. The number of aryl methyl sites for hydroxylation is 2. The van der Waals surface area contributed by atoms with Gasteiger partial charge in [0, 0.05) is 10.4 Å². The number of carbonyl (C=O) groups excluding carboxylic acids is 3. The molecule has 0 spiro atoms. The Morgan fingerprint density at radius 2 is 1.86 bits per heavy atom. The van der Waals surface area contributed by atoms with Gasteiger partial charge in [0.15, 0.2) is 18.1 Å². The maximum atomic E-state index is 12.4. The summed E-state index contributed by atoms with van der Waals surface area (Å²) in [7, 11) is 1.36. The molecular weight excluding hydrogens is 406 g/mol. The summed E-state index contributed by atoms with van der Waals surface area (Å²) in [6.45, 7) is 3.55. The van der Waals surface area contributed by atoms with Gasteiger partial charge in [-0.05, 0) is 37.1 Å². The topological polar surface area (TPSA) is 120 Å². The Morgan fingerprint density at radius 1 is 1.18 bits per heavy atom. The normalized spacial score (nSPS) is 10.3. The molecule has 0 unspecified atom stereocenters. The fourth-order valence-corrected chi connectivity index (χ4v) is 3.64. The molecule has 150 valence electrons. The number of nitrogens with two attached hydrogens (primary N) is 1. The molecule has 10 heteroatoms. The molecule has 2 aromatic rings. The Balaban J connectivity index is 2.09. The zero-order chi connectivity index (χ0) is 20.8. The van der Waals surface area contributed by atoms with Crippen molar-refractivity contribution in [2.24, 2.45) is 5.73 Å². The van der Waals surface area contributed by atoms with Crippen molar-refractivity contribution in [1.29, 1.82) is 0 Å². The van der Waals surface area contributed by atoms with Crippen LogP contribution in [-0.2, 0) is 11.2 Å². The molecule has 0 fully saturated rings.